The Kier molecular flexibility index (Phi) is 3.24. The number of hydrogen-bond donors (Lipinski definition) is 2. The lowest BCUT2D eigenvalue weighted by molar-refractivity contribution is -0.120. The lowest BCUT2D eigenvalue weighted by atomic mass is 10.2. The van der Waals surface area contributed by atoms with Crippen LogP contribution in [0, 0.1) is 6.92 Å². The third-order valence-electron chi connectivity index (χ3n) is 3.02. The Morgan fingerprint density at radius 1 is 1.62 bits per heavy atom. The van der Waals surface area contributed by atoms with Crippen LogP contribution in [-0.4, -0.2) is 29.1 Å². The summed E-state index contributed by atoms with van der Waals surface area (Å²) in [5.74, 6) is 1.09. The maximum Gasteiger partial charge on any atom is 0.221 e. The van der Waals surface area contributed by atoms with Crippen molar-refractivity contribution in [3.8, 4) is 0 Å². The second-order valence-electron chi connectivity index (χ2n) is 4.05. The van der Waals surface area contributed by atoms with E-state index in [-0.39, 0.29) is 5.91 Å². The SMILES string of the molecule is CNC(=O)CCn1c(C)nc2c1CCNC2. The molecule has 0 unspecified atom stereocenters. The van der Waals surface area contributed by atoms with Crippen molar-refractivity contribution >= 4 is 5.91 Å². The van der Waals surface area contributed by atoms with Gasteiger partial charge in [0.1, 0.15) is 5.82 Å². The molecule has 5 nitrogen and oxygen atoms in total. The molecule has 0 aromatic carbocycles. The number of aromatic nitrogens is 2. The van der Waals surface area contributed by atoms with E-state index in [1.807, 2.05) is 6.92 Å². The number of hydrogen-bond acceptors (Lipinski definition) is 3. The average Bonchev–Trinajstić information content (AvgIpc) is 2.62. The van der Waals surface area contributed by atoms with E-state index in [1.54, 1.807) is 7.05 Å². The van der Waals surface area contributed by atoms with Gasteiger partial charge in [-0.25, -0.2) is 4.98 Å². The maximum absolute atomic E-state index is 11.2. The van der Waals surface area contributed by atoms with Crippen molar-refractivity contribution in [2.45, 2.75) is 32.9 Å². The number of imidazole rings is 1. The van der Waals surface area contributed by atoms with Gasteiger partial charge in [0, 0.05) is 45.2 Å². The molecule has 0 radical (unpaired) electrons. The fraction of sp³-hybridized carbons (Fsp3) is 0.636. The summed E-state index contributed by atoms with van der Waals surface area (Å²) in [6, 6.07) is 0. The Morgan fingerprint density at radius 3 is 3.19 bits per heavy atom. The standard InChI is InChI=1S/C11H18N4O/c1-8-14-9-7-13-5-3-10(9)15(8)6-4-11(16)12-2/h13H,3-7H2,1-2H3,(H,12,16). The van der Waals surface area contributed by atoms with E-state index in [0.29, 0.717) is 6.42 Å². The van der Waals surface area contributed by atoms with Gasteiger partial charge in [-0.2, -0.15) is 0 Å². The predicted octanol–water partition coefficient (Wildman–Crippen LogP) is -0.0267. The first kappa shape index (κ1) is 11.1. The minimum atomic E-state index is 0.0794. The third-order valence-corrected chi connectivity index (χ3v) is 3.02. The zero-order valence-electron chi connectivity index (χ0n) is 9.84. The van der Waals surface area contributed by atoms with Gasteiger partial charge in [0.05, 0.1) is 5.69 Å². The van der Waals surface area contributed by atoms with Gasteiger partial charge in [0.15, 0.2) is 0 Å². The van der Waals surface area contributed by atoms with Gasteiger partial charge in [0.2, 0.25) is 5.91 Å². The van der Waals surface area contributed by atoms with Gasteiger partial charge in [-0.15, -0.1) is 0 Å². The number of carbonyl (C=O) groups excluding carboxylic acids is 1. The molecule has 0 saturated carbocycles. The van der Waals surface area contributed by atoms with Gasteiger partial charge in [-0.3, -0.25) is 4.79 Å². The van der Waals surface area contributed by atoms with E-state index in [9.17, 15) is 4.79 Å². The van der Waals surface area contributed by atoms with Gasteiger partial charge < -0.3 is 15.2 Å². The number of amides is 1. The second kappa shape index (κ2) is 4.65. The van der Waals surface area contributed by atoms with Gasteiger partial charge >= 0.3 is 0 Å². The van der Waals surface area contributed by atoms with Crippen molar-refractivity contribution < 1.29 is 4.79 Å². The van der Waals surface area contributed by atoms with Crippen LogP contribution in [-0.2, 0) is 24.3 Å². The molecule has 0 fully saturated rings. The third kappa shape index (κ3) is 2.09. The Labute approximate surface area is 95.2 Å². The van der Waals surface area contributed by atoms with Crippen LogP contribution in [0.15, 0.2) is 0 Å². The van der Waals surface area contributed by atoms with E-state index >= 15 is 0 Å². The van der Waals surface area contributed by atoms with Crippen molar-refractivity contribution in [3.63, 3.8) is 0 Å². The molecule has 0 aliphatic carbocycles. The Balaban J connectivity index is 2.13. The molecule has 1 aromatic rings. The quantitative estimate of drug-likeness (QED) is 0.755. The molecule has 16 heavy (non-hydrogen) atoms. The molecule has 2 rings (SSSR count). The highest BCUT2D eigenvalue weighted by molar-refractivity contribution is 5.75. The highest BCUT2D eigenvalue weighted by atomic mass is 16.1. The van der Waals surface area contributed by atoms with E-state index in [1.165, 1.54) is 5.69 Å². The van der Waals surface area contributed by atoms with Crippen molar-refractivity contribution in [2.24, 2.45) is 0 Å². The number of nitrogens with zero attached hydrogens (tertiary/aromatic N) is 2. The average molecular weight is 222 g/mol. The molecule has 88 valence electrons. The number of carbonyl (C=O) groups is 1. The molecule has 1 aliphatic rings. The molecule has 1 amide bonds. The fourth-order valence-electron chi connectivity index (χ4n) is 2.14. The zero-order chi connectivity index (χ0) is 11.5. The Bertz CT molecular complexity index is 397. The van der Waals surface area contributed by atoms with Gasteiger partial charge in [0.25, 0.3) is 0 Å². The largest absolute Gasteiger partial charge is 0.359 e. The number of nitrogens with one attached hydrogen (secondary N) is 2. The van der Waals surface area contributed by atoms with Gasteiger partial charge in [-0.1, -0.05) is 0 Å². The van der Waals surface area contributed by atoms with Crippen LogP contribution in [0.1, 0.15) is 23.6 Å². The number of fused-ring (bicyclic) bond motifs is 1. The summed E-state index contributed by atoms with van der Waals surface area (Å²) >= 11 is 0. The van der Waals surface area contributed by atoms with Crippen LogP contribution < -0.4 is 10.6 Å². The lowest BCUT2D eigenvalue weighted by Gasteiger charge is -2.15. The van der Waals surface area contributed by atoms with Crippen LogP contribution in [0.5, 0.6) is 0 Å². The van der Waals surface area contributed by atoms with E-state index in [0.717, 1.165) is 37.6 Å². The zero-order valence-corrected chi connectivity index (χ0v) is 9.84. The molecule has 0 bridgehead atoms. The Hall–Kier alpha value is -1.36. The summed E-state index contributed by atoms with van der Waals surface area (Å²) < 4.78 is 2.17. The van der Waals surface area contributed by atoms with Crippen LogP contribution in [0.3, 0.4) is 0 Å². The molecule has 2 N–H and O–H groups in total. The van der Waals surface area contributed by atoms with Crippen molar-refractivity contribution in [1.82, 2.24) is 20.2 Å². The minimum absolute atomic E-state index is 0.0794. The molecular formula is C11H18N4O. The smallest absolute Gasteiger partial charge is 0.221 e. The summed E-state index contributed by atoms with van der Waals surface area (Å²) in [5.41, 5.74) is 2.43. The summed E-state index contributed by atoms with van der Waals surface area (Å²) in [7, 11) is 1.67. The highest BCUT2D eigenvalue weighted by Gasteiger charge is 2.17. The molecule has 0 saturated heterocycles. The van der Waals surface area contributed by atoms with Crippen LogP contribution in [0.4, 0.5) is 0 Å². The molecule has 0 atom stereocenters. The molecule has 2 heterocycles. The molecule has 1 aliphatic heterocycles. The lowest BCUT2D eigenvalue weighted by Crippen LogP contribution is -2.26. The minimum Gasteiger partial charge on any atom is -0.359 e. The van der Waals surface area contributed by atoms with Gasteiger partial charge in [-0.05, 0) is 6.92 Å². The van der Waals surface area contributed by atoms with E-state index < -0.39 is 0 Å². The van der Waals surface area contributed by atoms with Crippen molar-refractivity contribution in [2.75, 3.05) is 13.6 Å². The fourth-order valence-corrected chi connectivity index (χ4v) is 2.14. The first-order chi connectivity index (χ1) is 7.72. The summed E-state index contributed by atoms with van der Waals surface area (Å²) in [4.78, 5) is 15.8. The topological polar surface area (TPSA) is 59.0 Å². The molecule has 5 heteroatoms. The monoisotopic (exact) mass is 222 g/mol. The van der Waals surface area contributed by atoms with Crippen molar-refractivity contribution in [1.29, 1.82) is 0 Å². The Morgan fingerprint density at radius 2 is 2.44 bits per heavy atom. The van der Waals surface area contributed by atoms with E-state index in [4.69, 9.17) is 0 Å². The first-order valence-corrected chi connectivity index (χ1v) is 5.68. The molecule has 1 aromatic heterocycles. The highest BCUT2D eigenvalue weighted by Crippen LogP contribution is 2.15. The molecule has 0 spiro atoms. The summed E-state index contributed by atoms with van der Waals surface area (Å²) in [6.45, 7) is 4.58. The number of rotatable bonds is 3. The van der Waals surface area contributed by atoms with Crippen molar-refractivity contribution in [3.05, 3.63) is 17.2 Å². The summed E-state index contributed by atoms with van der Waals surface area (Å²) in [6.07, 6.45) is 1.53. The van der Waals surface area contributed by atoms with Crippen LogP contribution in [0.25, 0.3) is 0 Å². The normalized spacial score (nSPS) is 14.6. The van der Waals surface area contributed by atoms with Crippen LogP contribution >= 0.6 is 0 Å². The summed E-state index contributed by atoms with van der Waals surface area (Å²) in [5, 5.41) is 5.94. The maximum atomic E-state index is 11.2. The predicted molar refractivity (Wildman–Crippen MR) is 61.1 cm³/mol. The van der Waals surface area contributed by atoms with E-state index in [2.05, 4.69) is 20.2 Å². The second-order valence-corrected chi connectivity index (χ2v) is 4.05. The first-order valence-electron chi connectivity index (χ1n) is 5.68. The van der Waals surface area contributed by atoms with Crippen LogP contribution in [0.2, 0.25) is 0 Å². The molecular weight excluding hydrogens is 204 g/mol. The number of aryl methyl sites for hydroxylation is 1.